The lowest BCUT2D eigenvalue weighted by molar-refractivity contribution is 0.0978. The van der Waals surface area contributed by atoms with Gasteiger partial charge in [0.05, 0.1) is 10.6 Å². The fourth-order valence-electron chi connectivity index (χ4n) is 3.16. The van der Waals surface area contributed by atoms with E-state index in [1.165, 1.54) is 11.6 Å². The van der Waals surface area contributed by atoms with Crippen molar-refractivity contribution >= 4 is 63.2 Å². The number of halogens is 2. The van der Waals surface area contributed by atoms with Crippen LogP contribution in [-0.4, -0.2) is 16.0 Å². The van der Waals surface area contributed by atoms with Crippen molar-refractivity contribution in [2.24, 2.45) is 0 Å². The van der Waals surface area contributed by atoms with Gasteiger partial charge in [-0.3, -0.25) is 10.1 Å². The number of nitrogens with zero attached hydrogens (tertiary/aromatic N) is 1. The molecule has 0 atom stereocenters. The molecule has 1 amide bonds. The second kappa shape index (κ2) is 9.28. The van der Waals surface area contributed by atoms with Gasteiger partial charge in [-0.2, -0.15) is 0 Å². The van der Waals surface area contributed by atoms with Gasteiger partial charge in [-0.05, 0) is 72.2 Å². The van der Waals surface area contributed by atoms with Crippen LogP contribution in [0.15, 0.2) is 65.1 Å². The van der Waals surface area contributed by atoms with Gasteiger partial charge in [-0.1, -0.05) is 49.2 Å². The first-order valence-corrected chi connectivity index (χ1v) is 11.0. The average molecular weight is 484 g/mol. The van der Waals surface area contributed by atoms with Crippen LogP contribution in [0.2, 0.25) is 10.0 Å². The van der Waals surface area contributed by atoms with Crippen molar-refractivity contribution < 1.29 is 9.21 Å². The molecular formula is C24H19Cl2N3O2S. The molecule has 0 unspecified atom stereocenters. The van der Waals surface area contributed by atoms with Gasteiger partial charge in [0.2, 0.25) is 5.89 Å². The lowest BCUT2D eigenvalue weighted by Crippen LogP contribution is -2.34. The smallest absolute Gasteiger partial charge is 0.258 e. The van der Waals surface area contributed by atoms with Crippen LogP contribution in [0, 0.1) is 0 Å². The van der Waals surface area contributed by atoms with Gasteiger partial charge in [-0.25, -0.2) is 4.98 Å². The molecule has 0 saturated heterocycles. The molecule has 8 heteroatoms. The van der Waals surface area contributed by atoms with Gasteiger partial charge >= 0.3 is 0 Å². The van der Waals surface area contributed by atoms with Crippen LogP contribution < -0.4 is 10.6 Å². The van der Waals surface area contributed by atoms with Gasteiger partial charge in [0.1, 0.15) is 5.52 Å². The predicted octanol–water partition coefficient (Wildman–Crippen LogP) is 7.05. The van der Waals surface area contributed by atoms with Crippen molar-refractivity contribution in [2.45, 2.75) is 19.8 Å². The molecule has 0 radical (unpaired) electrons. The Bertz CT molecular complexity index is 1330. The number of aromatic nitrogens is 1. The molecule has 4 aromatic rings. The number of hydrogen-bond acceptors (Lipinski definition) is 4. The molecule has 3 aromatic carbocycles. The Balaban J connectivity index is 1.50. The van der Waals surface area contributed by atoms with E-state index in [1.54, 1.807) is 12.1 Å². The van der Waals surface area contributed by atoms with Crippen molar-refractivity contribution in [1.29, 1.82) is 0 Å². The molecule has 32 heavy (non-hydrogen) atoms. The maximum Gasteiger partial charge on any atom is 0.258 e. The van der Waals surface area contributed by atoms with E-state index >= 15 is 0 Å². The molecule has 0 spiro atoms. The molecule has 1 aromatic heterocycles. The Morgan fingerprint density at radius 2 is 1.88 bits per heavy atom. The molecule has 5 nitrogen and oxygen atoms in total. The van der Waals surface area contributed by atoms with E-state index < -0.39 is 5.91 Å². The highest BCUT2D eigenvalue weighted by molar-refractivity contribution is 7.80. The average Bonchev–Trinajstić information content (AvgIpc) is 3.17. The number of anilines is 1. The number of benzene rings is 3. The molecule has 0 aliphatic carbocycles. The molecular weight excluding hydrogens is 465 g/mol. The van der Waals surface area contributed by atoms with Gasteiger partial charge in [0.15, 0.2) is 10.7 Å². The molecule has 4 rings (SSSR count). The number of fused-ring (bicyclic) bond motifs is 1. The van der Waals surface area contributed by atoms with Gasteiger partial charge in [0.25, 0.3) is 5.91 Å². The molecule has 2 N–H and O–H groups in total. The first-order chi connectivity index (χ1) is 15.3. The number of oxazole rings is 1. The molecule has 0 saturated carbocycles. The summed E-state index contributed by atoms with van der Waals surface area (Å²) < 4.78 is 5.93. The Hall–Kier alpha value is -2.93. The number of carbonyl (C=O) groups excluding carboxylic acids is 1. The molecule has 1 heterocycles. The van der Waals surface area contributed by atoms with Crippen molar-refractivity contribution in [1.82, 2.24) is 10.3 Å². The second-order valence-corrected chi connectivity index (χ2v) is 8.77. The van der Waals surface area contributed by atoms with Crippen molar-refractivity contribution in [3.05, 3.63) is 81.8 Å². The quantitative estimate of drug-likeness (QED) is 0.304. The number of thiocarbonyl (C=S) groups is 1. The van der Waals surface area contributed by atoms with Crippen LogP contribution in [0.3, 0.4) is 0 Å². The van der Waals surface area contributed by atoms with E-state index in [4.69, 9.17) is 39.8 Å². The van der Waals surface area contributed by atoms with Crippen LogP contribution >= 0.6 is 35.4 Å². The van der Waals surface area contributed by atoms with Crippen LogP contribution in [0.25, 0.3) is 22.6 Å². The zero-order valence-electron chi connectivity index (χ0n) is 17.3. The number of amides is 1. The third-order valence-electron chi connectivity index (χ3n) is 4.85. The summed E-state index contributed by atoms with van der Waals surface area (Å²) >= 11 is 17.3. The highest BCUT2D eigenvalue weighted by Crippen LogP contribution is 2.28. The third kappa shape index (κ3) is 4.93. The van der Waals surface area contributed by atoms with E-state index in [2.05, 4.69) is 29.5 Å². The van der Waals surface area contributed by atoms with Crippen molar-refractivity contribution in [2.75, 3.05) is 5.32 Å². The summed E-state index contributed by atoms with van der Waals surface area (Å²) in [5.41, 5.74) is 4.49. The first-order valence-electron chi connectivity index (χ1n) is 9.88. The molecule has 162 valence electrons. The molecule has 0 aliphatic heterocycles. The number of rotatable bonds is 4. The highest BCUT2D eigenvalue weighted by Gasteiger charge is 2.14. The summed E-state index contributed by atoms with van der Waals surface area (Å²) in [6, 6.07) is 18.1. The van der Waals surface area contributed by atoms with Crippen molar-refractivity contribution in [3.8, 4) is 11.5 Å². The fraction of sp³-hybridized carbons (Fsp3) is 0.125. The zero-order chi connectivity index (χ0) is 22.8. The monoisotopic (exact) mass is 483 g/mol. The Kier molecular flexibility index (Phi) is 6.46. The summed E-state index contributed by atoms with van der Waals surface area (Å²) in [6.07, 6.45) is 0. The van der Waals surface area contributed by atoms with Crippen LogP contribution in [0.4, 0.5) is 5.69 Å². The molecule has 0 bridgehead atoms. The highest BCUT2D eigenvalue weighted by atomic mass is 35.5. The summed E-state index contributed by atoms with van der Waals surface area (Å²) in [5, 5.41) is 6.45. The lowest BCUT2D eigenvalue weighted by atomic mass is 10.0. The summed E-state index contributed by atoms with van der Waals surface area (Å²) in [6.45, 7) is 4.28. The molecule has 0 aliphatic rings. The summed E-state index contributed by atoms with van der Waals surface area (Å²) in [4.78, 5) is 17.1. The normalized spacial score (nSPS) is 11.0. The van der Waals surface area contributed by atoms with E-state index in [9.17, 15) is 4.79 Å². The largest absolute Gasteiger partial charge is 0.436 e. The van der Waals surface area contributed by atoms with Crippen LogP contribution in [0.1, 0.15) is 35.7 Å². The van der Waals surface area contributed by atoms with Crippen molar-refractivity contribution in [3.63, 3.8) is 0 Å². The maximum atomic E-state index is 12.4. The van der Waals surface area contributed by atoms with E-state index in [-0.39, 0.29) is 15.7 Å². The van der Waals surface area contributed by atoms with Gasteiger partial charge in [0, 0.05) is 16.3 Å². The fourth-order valence-corrected chi connectivity index (χ4v) is 3.87. The minimum absolute atomic E-state index is 0.136. The lowest BCUT2D eigenvalue weighted by Gasteiger charge is -2.11. The minimum atomic E-state index is -0.430. The Labute approximate surface area is 200 Å². The number of hydrogen-bond donors (Lipinski definition) is 2. The summed E-state index contributed by atoms with van der Waals surface area (Å²) in [5.74, 6) is 0.485. The standard InChI is InChI=1S/C24H19Cl2N3O2S/c1-13(2)14-6-9-21-20(11-14)28-23(31-21)15-4-3-5-17(10-15)27-24(32)29-22(30)18-8-7-16(25)12-19(18)26/h3-13H,1-2H3,(H2,27,29,30,32). The SMILES string of the molecule is CC(C)c1ccc2oc(-c3cccc(NC(=S)NC(=O)c4ccc(Cl)cc4Cl)c3)nc2c1. The summed E-state index contributed by atoms with van der Waals surface area (Å²) in [7, 11) is 0. The number of carbonyl (C=O) groups is 1. The maximum absolute atomic E-state index is 12.4. The van der Waals surface area contributed by atoms with E-state index in [0.717, 1.165) is 16.7 Å². The van der Waals surface area contributed by atoms with Gasteiger partial charge in [-0.15, -0.1) is 0 Å². The van der Waals surface area contributed by atoms with Gasteiger partial charge < -0.3 is 9.73 Å². The van der Waals surface area contributed by atoms with E-state index in [0.29, 0.717) is 22.5 Å². The topological polar surface area (TPSA) is 67.2 Å². The Morgan fingerprint density at radius 3 is 2.62 bits per heavy atom. The predicted molar refractivity (Wildman–Crippen MR) is 134 cm³/mol. The van der Waals surface area contributed by atoms with E-state index in [1.807, 2.05) is 42.5 Å². The first kappa shape index (κ1) is 22.3. The van der Waals surface area contributed by atoms with Crippen LogP contribution in [0.5, 0.6) is 0 Å². The third-order valence-corrected chi connectivity index (χ3v) is 5.60. The van der Waals surface area contributed by atoms with Crippen LogP contribution in [-0.2, 0) is 0 Å². The number of nitrogens with one attached hydrogen (secondary N) is 2. The molecule has 0 fully saturated rings. The minimum Gasteiger partial charge on any atom is -0.436 e. The zero-order valence-corrected chi connectivity index (χ0v) is 19.6. The second-order valence-electron chi connectivity index (χ2n) is 7.51. The Morgan fingerprint density at radius 1 is 1.06 bits per heavy atom.